The molecule has 0 spiro atoms. The number of para-hydroxylation sites is 2. The average Bonchev–Trinajstić information content (AvgIpc) is 3.03. The molecule has 1 aliphatic rings. The van der Waals surface area contributed by atoms with Gasteiger partial charge in [0.15, 0.2) is 5.82 Å². The molecule has 0 aliphatic carbocycles. The number of hydrogen-bond donors (Lipinski definition) is 1. The van der Waals surface area contributed by atoms with Crippen molar-refractivity contribution in [3.05, 3.63) is 47.3 Å². The molecule has 7 nitrogen and oxygen atoms in total. The molecular weight excluding hydrogens is 328 g/mol. The van der Waals surface area contributed by atoms with Crippen LogP contribution in [-0.2, 0) is 20.2 Å². The first-order valence-electron chi connectivity index (χ1n) is 9.09. The lowest BCUT2D eigenvalue weighted by molar-refractivity contribution is 0.197. The molecule has 1 saturated heterocycles. The summed E-state index contributed by atoms with van der Waals surface area (Å²) in [5.41, 5.74) is 3.98. The van der Waals surface area contributed by atoms with E-state index in [1.807, 2.05) is 42.8 Å². The van der Waals surface area contributed by atoms with E-state index in [1.165, 1.54) is 0 Å². The molecule has 0 bridgehead atoms. The van der Waals surface area contributed by atoms with E-state index in [0.717, 1.165) is 60.7 Å². The van der Waals surface area contributed by atoms with Gasteiger partial charge in [-0.2, -0.15) is 0 Å². The van der Waals surface area contributed by atoms with E-state index in [0.29, 0.717) is 11.7 Å². The number of rotatable bonds is 4. The maximum atomic E-state index is 9.29. The maximum Gasteiger partial charge on any atom is 0.158 e. The largest absolute Gasteiger partial charge is 0.388 e. The molecular formula is C19H24N6O. The highest BCUT2D eigenvalue weighted by Gasteiger charge is 2.25. The van der Waals surface area contributed by atoms with Crippen molar-refractivity contribution in [2.75, 3.05) is 13.1 Å². The van der Waals surface area contributed by atoms with Crippen LogP contribution in [0.1, 0.15) is 41.8 Å². The van der Waals surface area contributed by atoms with Gasteiger partial charge in [-0.25, -0.2) is 9.97 Å². The number of fused-ring (bicyclic) bond motifs is 1. The molecule has 136 valence electrons. The van der Waals surface area contributed by atoms with Crippen molar-refractivity contribution in [1.29, 1.82) is 0 Å². The minimum absolute atomic E-state index is 0.0672. The Bertz CT molecular complexity index is 914. The van der Waals surface area contributed by atoms with Gasteiger partial charge >= 0.3 is 0 Å². The van der Waals surface area contributed by atoms with Crippen LogP contribution in [0, 0.1) is 6.92 Å². The zero-order valence-corrected chi connectivity index (χ0v) is 15.3. The molecule has 0 atom stereocenters. The van der Waals surface area contributed by atoms with E-state index >= 15 is 0 Å². The number of aliphatic hydroxyl groups excluding tert-OH is 1. The SMILES string of the molecule is Cc1nc2ccccc2nc1CN1CCC(c2nnc(CO)n2C)CC1. The van der Waals surface area contributed by atoms with Gasteiger partial charge in [0.1, 0.15) is 12.4 Å². The summed E-state index contributed by atoms with van der Waals surface area (Å²) in [5, 5.41) is 17.6. The van der Waals surface area contributed by atoms with Crippen LogP contribution >= 0.6 is 0 Å². The number of aryl methyl sites for hydroxylation is 1. The van der Waals surface area contributed by atoms with Crippen LogP contribution in [0.25, 0.3) is 11.0 Å². The highest BCUT2D eigenvalue weighted by atomic mass is 16.3. The second kappa shape index (κ2) is 7.09. The molecule has 26 heavy (non-hydrogen) atoms. The van der Waals surface area contributed by atoms with E-state index < -0.39 is 0 Å². The Morgan fingerprint density at radius 1 is 1.08 bits per heavy atom. The standard InChI is InChI=1S/C19H24N6O/c1-13-17(21-16-6-4-3-5-15(16)20-13)11-25-9-7-14(8-10-25)19-23-22-18(12-26)24(19)2/h3-6,14,26H,7-12H2,1-2H3. The van der Waals surface area contributed by atoms with Crippen LogP contribution in [0.3, 0.4) is 0 Å². The molecule has 1 fully saturated rings. The van der Waals surface area contributed by atoms with E-state index in [1.54, 1.807) is 0 Å². The summed E-state index contributed by atoms with van der Waals surface area (Å²) in [4.78, 5) is 11.9. The number of hydrogen-bond acceptors (Lipinski definition) is 6. The number of benzene rings is 1. The van der Waals surface area contributed by atoms with Gasteiger partial charge in [-0.15, -0.1) is 10.2 Å². The number of likely N-dealkylation sites (tertiary alicyclic amines) is 1. The Balaban J connectivity index is 1.44. The fourth-order valence-corrected chi connectivity index (χ4v) is 3.70. The predicted molar refractivity (Wildman–Crippen MR) is 98.5 cm³/mol. The van der Waals surface area contributed by atoms with Crippen molar-refractivity contribution in [1.82, 2.24) is 29.6 Å². The number of aromatic nitrogens is 5. The Morgan fingerprint density at radius 3 is 2.42 bits per heavy atom. The van der Waals surface area contributed by atoms with Crippen LogP contribution < -0.4 is 0 Å². The van der Waals surface area contributed by atoms with Crippen LogP contribution in [0.2, 0.25) is 0 Å². The first-order valence-corrected chi connectivity index (χ1v) is 9.09. The molecule has 3 aromatic rings. The third-order valence-electron chi connectivity index (χ3n) is 5.31. The highest BCUT2D eigenvalue weighted by molar-refractivity contribution is 5.74. The van der Waals surface area contributed by atoms with Gasteiger partial charge in [0, 0.05) is 19.5 Å². The number of piperidine rings is 1. The van der Waals surface area contributed by atoms with Gasteiger partial charge in [0.2, 0.25) is 0 Å². The molecule has 7 heteroatoms. The van der Waals surface area contributed by atoms with E-state index in [4.69, 9.17) is 9.97 Å². The fraction of sp³-hybridized carbons (Fsp3) is 0.474. The second-order valence-corrected chi connectivity index (χ2v) is 6.99. The van der Waals surface area contributed by atoms with Gasteiger partial charge in [0.25, 0.3) is 0 Å². The molecule has 0 radical (unpaired) electrons. The minimum atomic E-state index is -0.0672. The monoisotopic (exact) mass is 352 g/mol. The number of aliphatic hydroxyl groups is 1. The second-order valence-electron chi connectivity index (χ2n) is 6.99. The zero-order valence-electron chi connectivity index (χ0n) is 15.3. The number of nitrogens with zero attached hydrogens (tertiary/aromatic N) is 6. The Hall–Kier alpha value is -2.38. The van der Waals surface area contributed by atoms with Gasteiger partial charge < -0.3 is 9.67 Å². The average molecular weight is 352 g/mol. The first kappa shape index (κ1) is 17.1. The summed E-state index contributed by atoms with van der Waals surface area (Å²) >= 11 is 0. The van der Waals surface area contributed by atoms with E-state index in [-0.39, 0.29) is 6.61 Å². The van der Waals surface area contributed by atoms with E-state index in [9.17, 15) is 5.11 Å². The Morgan fingerprint density at radius 2 is 1.77 bits per heavy atom. The Labute approximate surface area is 152 Å². The van der Waals surface area contributed by atoms with Gasteiger partial charge in [0.05, 0.1) is 22.4 Å². The van der Waals surface area contributed by atoms with Crippen LogP contribution in [-0.4, -0.2) is 47.8 Å². The highest BCUT2D eigenvalue weighted by Crippen LogP contribution is 2.27. The molecule has 1 aliphatic heterocycles. The summed E-state index contributed by atoms with van der Waals surface area (Å²) in [5.74, 6) is 2.01. The minimum Gasteiger partial charge on any atom is -0.388 e. The lowest BCUT2D eigenvalue weighted by Gasteiger charge is -2.31. The van der Waals surface area contributed by atoms with Crippen molar-refractivity contribution in [3.8, 4) is 0 Å². The first-order chi connectivity index (χ1) is 12.7. The van der Waals surface area contributed by atoms with Crippen molar-refractivity contribution in [2.45, 2.75) is 38.8 Å². The van der Waals surface area contributed by atoms with Crippen molar-refractivity contribution < 1.29 is 5.11 Å². The lowest BCUT2D eigenvalue weighted by Crippen LogP contribution is -2.33. The van der Waals surface area contributed by atoms with Crippen LogP contribution in [0.4, 0.5) is 0 Å². The maximum absolute atomic E-state index is 9.29. The quantitative estimate of drug-likeness (QED) is 0.773. The van der Waals surface area contributed by atoms with E-state index in [2.05, 4.69) is 15.1 Å². The van der Waals surface area contributed by atoms with Crippen molar-refractivity contribution in [3.63, 3.8) is 0 Å². The van der Waals surface area contributed by atoms with Gasteiger partial charge in [-0.1, -0.05) is 12.1 Å². The zero-order chi connectivity index (χ0) is 18.1. The van der Waals surface area contributed by atoms with Crippen molar-refractivity contribution in [2.24, 2.45) is 7.05 Å². The molecule has 1 aromatic carbocycles. The summed E-state index contributed by atoms with van der Waals surface area (Å²) in [6.07, 6.45) is 2.08. The molecule has 3 heterocycles. The van der Waals surface area contributed by atoms with Crippen LogP contribution in [0.5, 0.6) is 0 Å². The third-order valence-corrected chi connectivity index (χ3v) is 5.31. The summed E-state index contributed by atoms with van der Waals surface area (Å²) in [6, 6.07) is 8.02. The molecule has 0 amide bonds. The van der Waals surface area contributed by atoms with Crippen LogP contribution in [0.15, 0.2) is 24.3 Å². The molecule has 2 aromatic heterocycles. The molecule has 4 rings (SSSR count). The summed E-state index contributed by atoms with van der Waals surface area (Å²) < 4.78 is 1.93. The molecule has 1 N–H and O–H groups in total. The fourth-order valence-electron chi connectivity index (χ4n) is 3.70. The smallest absolute Gasteiger partial charge is 0.158 e. The van der Waals surface area contributed by atoms with Crippen molar-refractivity contribution >= 4 is 11.0 Å². The summed E-state index contributed by atoms with van der Waals surface area (Å²) in [6.45, 7) is 4.80. The summed E-state index contributed by atoms with van der Waals surface area (Å²) in [7, 11) is 1.93. The van der Waals surface area contributed by atoms with Gasteiger partial charge in [-0.05, 0) is 45.0 Å². The Kier molecular flexibility index (Phi) is 4.65. The van der Waals surface area contributed by atoms with Gasteiger partial charge in [-0.3, -0.25) is 4.90 Å². The predicted octanol–water partition coefficient (Wildman–Crippen LogP) is 1.94. The normalized spacial score (nSPS) is 16.4. The lowest BCUT2D eigenvalue weighted by atomic mass is 9.95. The molecule has 0 saturated carbocycles. The third kappa shape index (κ3) is 3.20. The topological polar surface area (TPSA) is 80.0 Å². The molecule has 0 unspecified atom stereocenters.